The van der Waals surface area contributed by atoms with Gasteiger partial charge in [0.2, 0.25) is 0 Å². The molecule has 2 amide bonds. The molecule has 1 fully saturated rings. The third kappa shape index (κ3) is 8.67. The number of aliphatic hydroxyl groups excluding tert-OH is 1. The molecule has 0 unspecified atom stereocenters. The van der Waals surface area contributed by atoms with Crippen LogP contribution in [0.5, 0.6) is 11.5 Å². The molecule has 8 nitrogen and oxygen atoms in total. The molecule has 0 aliphatic carbocycles. The van der Waals surface area contributed by atoms with Crippen molar-refractivity contribution < 1.29 is 24.1 Å². The molecular weight excluding hydrogens is 602 g/mol. The van der Waals surface area contributed by atoms with Gasteiger partial charge in [-0.05, 0) is 79.2 Å². The van der Waals surface area contributed by atoms with E-state index in [0.717, 1.165) is 22.4 Å². The Hall–Kier alpha value is -4.99. The molecule has 6 rings (SSSR count). The van der Waals surface area contributed by atoms with Crippen LogP contribution in [0.2, 0.25) is 0 Å². The minimum absolute atomic E-state index is 0.0102. The maximum atomic E-state index is 12.9. The number of urea groups is 1. The van der Waals surface area contributed by atoms with E-state index in [1.54, 1.807) is 12.1 Å². The molecule has 4 atom stereocenters. The van der Waals surface area contributed by atoms with Gasteiger partial charge in [-0.25, -0.2) is 4.79 Å². The number of para-hydroxylation sites is 1. The molecule has 0 saturated carbocycles. The van der Waals surface area contributed by atoms with Gasteiger partial charge in [-0.3, -0.25) is 4.90 Å². The Balaban J connectivity index is 1.13. The quantitative estimate of drug-likeness (QED) is 0.133. The van der Waals surface area contributed by atoms with Crippen molar-refractivity contribution in [1.29, 1.82) is 0 Å². The fourth-order valence-electron chi connectivity index (χ4n) is 5.79. The number of ether oxygens (including phenoxy) is 3. The van der Waals surface area contributed by atoms with E-state index in [2.05, 4.69) is 53.8 Å². The number of hydrogen-bond donors (Lipinski definition) is 3. The van der Waals surface area contributed by atoms with Gasteiger partial charge < -0.3 is 30.0 Å². The van der Waals surface area contributed by atoms with Crippen LogP contribution in [0, 0.1) is 0 Å². The SMILES string of the molecule is C[C@@H](c1ccccc1)N(C)C[C@H]1C[C@@H](c2ccc(CO)cc2)O[C@@H](c2cccc(NC(=O)Nc3ccc(Oc4ccccc4)cc3)c2)O1. The Morgan fingerprint density at radius 1 is 0.792 bits per heavy atom. The van der Waals surface area contributed by atoms with Crippen molar-refractivity contribution in [3.8, 4) is 11.5 Å². The van der Waals surface area contributed by atoms with Gasteiger partial charge in [0.05, 0.1) is 18.8 Å². The lowest BCUT2D eigenvalue weighted by Gasteiger charge is -2.39. The third-order valence-electron chi connectivity index (χ3n) is 8.56. The molecule has 1 heterocycles. The average molecular weight is 644 g/mol. The first-order valence-electron chi connectivity index (χ1n) is 16.2. The predicted molar refractivity (Wildman–Crippen MR) is 188 cm³/mol. The van der Waals surface area contributed by atoms with Gasteiger partial charge in [0.15, 0.2) is 6.29 Å². The summed E-state index contributed by atoms with van der Waals surface area (Å²) in [7, 11) is 2.11. The van der Waals surface area contributed by atoms with Crippen molar-refractivity contribution in [2.45, 2.75) is 44.5 Å². The van der Waals surface area contributed by atoms with Crippen LogP contribution in [0.3, 0.4) is 0 Å². The third-order valence-corrected chi connectivity index (χ3v) is 8.56. The summed E-state index contributed by atoms with van der Waals surface area (Å²) >= 11 is 0. The number of likely N-dealkylation sites (N-methyl/N-ethyl adjacent to an activating group) is 1. The minimum Gasteiger partial charge on any atom is -0.457 e. The van der Waals surface area contributed by atoms with Crippen molar-refractivity contribution in [2.24, 2.45) is 0 Å². The molecule has 3 N–H and O–H groups in total. The molecule has 1 aliphatic heterocycles. The molecule has 8 heteroatoms. The number of benzene rings is 5. The summed E-state index contributed by atoms with van der Waals surface area (Å²) in [6, 6.07) is 42.4. The number of carbonyl (C=O) groups excluding carboxylic acids is 1. The van der Waals surface area contributed by atoms with Gasteiger partial charge in [0.25, 0.3) is 0 Å². The fourth-order valence-corrected chi connectivity index (χ4v) is 5.79. The first-order chi connectivity index (χ1) is 23.4. The van der Waals surface area contributed by atoms with Gasteiger partial charge in [0.1, 0.15) is 11.5 Å². The number of carbonyl (C=O) groups is 1. The molecule has 1 saturated heterocycles. The van der Waals surface area contributed by atoms with Gasteiger partial charge in [-0.2, -0.15) is 0 Å². The van der Waals surface area contributed by atoms with Crippen molar-refractivity contribution >= 4 is 17.4 Å². The highest BCUT2D eigenvalue weighted by atomic mass is 16.7. The second kappa shape index (κ2) is 15.7. The van der Waals surface area contributed by atoms with Crippen LogP contribution in [0.15, 0.2) is 133 Å². The lowest BCUT2D eigenvalue weighted by Crippen LogP contribution is -2.38. The van der Waals surface area contributed by atoms with E-state index in [9.17, 15) is 9.90 Å². The number of nitrogens with zero attached hydrogens (tertiary/aromatic N) is 1. The molecule has 0 radical (unpaired) electrons. The highest BCUT2D eigenvalue weighted by molar-refractivity contribution is 5.99. The second-order valence-electron chi connectivity index (χ2n) is 12.0. The van der Waals surface area contributed by atoms with Crippen LogP contribution in [-0.2, 0) is 16.1 Å². The van der Waals surface area contributed by atoms with Crippen molar-refractivity contribution in [1.82, 2.24) is 4.90 Å². The first kappa shape index (κ1) is 32.9. The summed E-state index contributed by atoms with van der Waals surface area (Å²) in [5.41, 5.74) is 5.17. The monoisotopic (exact) mass is 643 g/mol. The average Bonchev–Trinajstić information content (AvgIpc) is 3.13. The van der Waals surface area contributed by atoms with Crippen LogP contribution in [0.1, 0.15) is 54.0 Å². The Labute approximate surface area is 281 Å². The number of nitrogens with one attached hydrogen (secondary N) is 2. The lowest BCUT2D eigenvalue weighted by atomic mass is 9.99. The molecule has 5 aromatic rings. The molecule has 0 aromatic heterocycles. The van der Waals surface area contributed by atoms with E-state index in [-0.39, 0.29) is 30.9 Å². The van der Waals surface area contributed by atoms with E-state index in [4.69, 9.17) is 14.2 Å². The topological polar surface area (TPSA) is 92.3 Å². The molecule has 1 aliphatic rings. The molecule has 0 spiro atoms. The Kier molecular flexibility index (Phi) is 10.8. The Morgan fingerprint density at radius 2 is 1.46 bits per heavy atom. The predicted octanol–water partition coefficient (Wildman–Crippen LogP) is 8.85. The highest BCUT2D eigenvalue weighted by Gasteiger charge is 2.33. The second-order valence-corrected chi connectivity index (χ2v) is 12.0. The number of anilines is 2. The summed E-state index contributed by atoms with van der Waals surface area (Å²) in [5, 5.41) is 15.4. The molecule has 48 heavy (non-hydrogen) atoms. The molecule has 246 valence electrons. The van der Waals surface area contributed by atoms with E-state index < -0.39 is 6.29 Å². The summed E-state index contributed by atoms with van der Waals surface area (Å²) in [6.07, 6.45) is -0.295. The zero-order valence-electron chi connectivity index (χ0n) is 27.2. The van der Waals surface area contributed by atoms with E-state index in [0.29, 0.717) is 30.1 Å². The van der Waals surface area contributed by atoms with Crippen LogP contribution in [0.4, 0.5) is 16.2 Å². The number of hydrogen-bond acceptors (Lipinski definition) is 6. The van der Waals surface area contributed by atoms with Crippen LogP contribution in [0.25, 0.3) is 0 Å². The van der Waals surface area contributed by atoms with Crippen molar-refractivity contribution in [2.75, 3.05) is 24.2 Å². The maximum absolute atomic E-state index is 12.9. The summed E-state index contributed by atoms with van der Waals surface area (Å²) in [5.74, 6) is 1.42. The summed E-state index contributed by atoms with van der Waals surface area (Å²) in [4.78, 5) is 15.3. The summed E-state index contributed by atoms with van der Waals surface area (Å²) in [6.45, 7) is 2.89. The number of rotatable bonds is 11. The van der Waals surface area contributed by atoms with E-state index >= 15 is 0 Å². The first-order valence-corrected chi connectivity index (χ1v) is 16.2. The minimum atomic E-state index is -0.645. The zero-order valence-corrected chi connectivity index (χ0v) is 27.2. The lowest BCUT2D eigenvalue weighted by molar-refractivity contribution is -0.253. The van der Waals surface area contributed by atoms with Crippen LogP contribution >= 0.6 is 0 Å². The van der Waals surface area contributed by atoms with Crippen molar-refractivity contribution in [3.63, 3.8) is 0 Å². The summed E-state index contributed by atoms with van der Waals surface area (Å²) < 4.78 is 19.0. The Morgan fingerprint density at radius 3 is 2.17 bits per heavy atom. The van der Waals surface area contributed by atoms with Gasteiger partial charge in [-0.15, -0.1) is 0 Å². The zero-order chi connectivity index (χ0) is 33.3. The highest BCUT2D eigenvalue weighted by Crippen LogP contribution is 2.39. The smallest absolute Gasteiger partial charge is 0.323 e. The van der Waals surface area contributed by atoms with Crippen LogP contribution in [-0.4, -0.2) is 35.7 Å². The normalized spacial score (nSPS) is 18.2. The molecule has 5 aromatic carbocycles. The largest absolute Gasteiger partial charge is 0.457 e. The molecular formula is C40H41N3O5. The number of aliphatic hydroxyl groups is 1. The van der Waals surface area contributed by atoms with E-state index in [1.165, 1.54) is 5.56 Å². The van der Waals surface area contributed by atoms with Gasteiger partial charge >= 0.3 is 6.03 Å². The number of amides is 2. The molecule has 0 bridgehead atoms. The van der Waals surface area contributed by atoms with Gasteiger partial charge in [-0.1, -0.05) is 84.9 Å². The van der Waals surface area contributed by atoms with E-state index in [1.807, 2.05) is 97.1 Å². The van der Waals surface area contributed by atoms with Gasteiger partial charge in [0, 0.05) is 35.9 Å². The van der Waals surface area contributed by atoms with Crippen LogP contribution < -0.4 is 15.4 Å². The Bertz CT molecular complexity index is 1750. The van der Waals surface area contributed by atoms with Crippen molar-refractivity contribution in [3.05, 3.63) is 156 Å². The maximum Gasteiger partial charge on any atom is 0.323 e. The standard InChI is InChI=1S/C40H41N3O5/c1-28(30-10-5-3-6-11-30)43(2)26-37-25-38(31-18-16-29(27-44)17-19-31)48-39(47-37)32-12-9-13-34(24-32)42-40(45)41-33-20-22-36(23-21-33)46-35-14-7-4-8-15-35/h3-24,28,37-39,44H,25-27H2,1-2H3,(H2,41,42,45)/t28-,37+,38-,39-/m0/s1. The fraction of sp³-hybridized carbons (Fsp3) is 0.225.